The lowest BCUT2D eigenvalue weighted by Gasteiger charge is -2.24. The number of esters is 1. The number of benzene rings is 1. The molecular formula is C26H33F3N6O4S. The van der Waals surface area contributed by atoms with Crippen LogP contribution in [0.1, 0.15) is 38.3 Å². The molecule has 0 bridgehead atoms. The third-order valence-corrected chi connectivity index (χ3v) is 7.31. The fourth-order valence-corrected chi connectivity index (χ4v) is 5.19. The van der Waals surface area contributed by atoms with Gasteiger partial charge in [0.25, 0.3) is 5.91 Å². The molecule has 2 heterocycles. The highest BCUT2D eigenvalue weighted by molar-refractivity contribution is 8.00. The van der Waals surface area contributed by atoms with E-state index in [2.05, 4.69) is 20.6 Å². The number of aromatic nitrogens is 2. The SMILES string of the molecule is CCOC(=O)[C@H](Nc1ncc(CNC(=O)[C@@H]2SCCN2C(=O)C[C@H](N)Cc2cc(F)c(F)cc2F)cn1)C(C)C. The van der Waals surface area contributed by atoms with Gasteiger partial charge >= 0.3 is 5.97 Å². The van der Waals surface area contributed by atoms with Crippen LogP contribution < -0.4 is 16.4 Å². The summed E-state index contributed by atoms with van der Waals surface area (Å²) in [5, 5.41) is 4.94. The summed E-state index contributed by atoms with van der Waals surface area (Å²) in [5.74, 6) is -3.91. The fourth-order valence-electron chi connectivity index (χ4n) is 4.02. The van der Waals surface area contributed by atoms with Crippen molar-refractivity contribution in [2.24, 2.45) is 11.7 Å². The molecule has 1 saturated heterocycles. The summed E-state index contributed by atoms with van der Waals surface area (Å²) in [7, 11) is 0. The minimum absolute atomic E-state index is 0.0576. The largest absolute Gasteiger partial charge is 0.464 e. The van der Waals surface area contributed by atoms with Gasteiger partial charge in [0.2, 0.25) is 11.9 Å². The average Bonchev–Trinajstić information content (AvgIpc) is 3.40. The molecule has 1 fully saturated rings. The molecule has 10 nitrogen and oxygen atoms in total. The van der Waals surface area contributed by atoms with Crippen molar-refractivity contribution in [3.05, 3.63) is 53.1 Å². The van der Waals surface area contributed by atoms with E-state index in [1.165, 1.54) is 29.1 Å². The third kappa shape index (κ3) is 8.31. The van der Waals surface area contributed by atoms with Crippen molar-refractivity contribution in [3.63, 3.8) is 0 Å². The van der Waals surface area contributed by atoms with Crippen molar-refractivity contribution >= 4 is 35.5 Å². The number of nitrogens with two attached hydrogens (primary N) is 1. The zero-order chi connectivity index (χ0) is 29.4. The van der Waals surface area contributed by atoms with Gasteiger partial charge in [-0.15, -0.1) is 11.8 Å². The van der Waals surface area contributed by atoms with Gasteiger partial charge in [-0.05, 0) is 30.9 Å². The maximum atomic E-state index is 13.9. The van der Waals surface area contributed by atoms with Crippen LogP contribution in [-0.4, -0.2) is 69.0 Å². The van der Waals surface area contributed by atoms with E-state index >= 15 is 0 Å². The van der Waals surface area contributed by atoms with Crippen LogP contribution in [0.5, 0.6) is 0 Å². The van der Waals surface area contributed by atoms with Crippen LogP contribution in [-0.2, 0) is 32.1 Å². The molecule has 2 aromatic rings. The fraction of sp³-hybridized carbons (Fsp3) is 0.500. The first-order valence-electron chi connectivity index (χ1n) is 12.8. The number of amides is 2. The number of nitrogens with zero attached hydrogens (tertiary/aromatic N) is 3. The third-order valence-electron chi connectivity index (χ3n) is 6.11. The smallest absolute Gasteiger partial charge is 0.328 e. The number of nitrogens with one attached hydrogen (secondary N) is 2. The minimum Gasteiger partial charge on any atom is -0.464 e. The Morgan fingerprint density at radius 2 is 1.82 bits per heavy atom. The Morgan fingerprint density at radius 1 is 1.15 bits per heavy atom. The van der Waals surface area contributed by atoms with Gasteiger partial charge in [0.1, 0.15) is 11.9 Å². The van der Waals surface area contributed by atoms with Crippen LogP contribution in [0, 0.1) is 23.4 Å². The van der Waals surface area contributed by atoms with Crippen LogP contribution in [0.4, 0.5) is 19.1 Å². The number of halogens is 3. The van der Waals surface area contributed by atoms with Crippen molar-refractivity contribution in [2.75, 3.05) is 24.2 Å². The molecule has 4 N–H and O–H groups in total. The lowest BCUT2D eigenvalue weighted by Crippen LogP contribution is -2.46. The molecule has 1 aliphatic heterocycles. The van der Waals surface area contributed by atoms with Gasteiger partial charge in [0.15, 0.2) is 17.0 Å². The normalized spacial score (nSPS) is 16.5. The minimum atomic E-state index is -1.30. The number of rotatable bonds is 12. The van der Waals surface area contributed by atoms with Crippen LogP contribution >= 0.6 is 11.8 Å². The summed E-state index contributed by atoms with van der Waals surface area (Å²) in [6.45, 7) is 6.16. The van der Waals surface area contributed by atoms with E-state index < -0.39 is 46.8 Å². The van der Waals surface area contributed by atoms with E-state index in [0.717, 1.165) is 6.07 Å². The number of ether oxygens (including phenoxy) is 1. The van der Waals surface area contributed by atoms with Gasteiger partial charge in [-0.1, -0.05) is 13.8 Å². The topological polar surface area (TPSA) is 140 Å². The number of hydrogen-bond acceptors (Lipinski definition) is 9. The Hall–Kier alpha value is -3.39. The Labute approximate surface area is 234 Å². The summed E-state index contributed by atoms with van der Waals surface area (Å²) in [6, 6.07) is -0.300. The molecule has 0 aliphatic carbocycles. The molecule has 3 atom stereocenters. The van der Waals surface area contributed by atoms with Crippen LogP contribution in [0.15, 0.2) is 24.5 Å². The van der Waals surface area contributed by atoms with Crippen LogP contribution in [0.3, 0.4) is 0 Å². The number of anilines is 1. The highest BCUT2D eigenvalue weighted by atomic mass is 32.2. The first kappa shape index (κ1) is 31.1. The molecule has 1 aromatic heterocycles. The summed E-state index contributed by atoms with van der Waals surface area (Å²) in [6.07, 6.45) is 2.65. The lowest BCUT2D eigenvalue weighted by atomic mass is 10.0. The van der Waals surface area contributed by atoms with E-state index in [0.29, 0.717) is 23.9 Å². The van der Waals surface area contributed by atoms with Crippen LogP contribution in [0.2, 0.25) is 0 Å². The lowest BCUT2D eigenvalue weighted by molar-refractivity contribution is -0.145. The van der Waals surface area contributed by atoms with Crippen molar-refractivity contribution in [1.29, 1.82) is 0 Å². The Morgan fingerprint density at radius 3 is 2.48 bits per heavy atom. The zero-order valence-corrected chi connectivity index (χ0v) is 23.3. The first-order valence-corrected chi connectivity index (χ1v) is 13.9. The summed E-state index contributed by atoms with van der Waals surface area (Å²) < 4.78 is 45.7. The van der Waals surface area contributed by atoms with E-state index in [1.807, 2.05) is 13.8 Å². The van der Waals surface area contributed by atoms with Crippen molar-refractivity contribution in [1.82, 2.24) is 20.2 Å². The number of carbonyl (C=O) groups excluding carboxylic acids is 3. The molecule has 0 saturated carbocycles. The number of hydrogen-bond donors (Lipinski definition) is 3. The quantitative estimate of drug-likeness (QED) is 0.254. The van der Waals surface area contributed by atoms with E-state index in [-0.39, 0.29) is 49.3 Å². The summed E-state index contributed by atoms with van der Waals surface area (Å²) in [5.41, 5.74) is 6.47. The highest BCUT2D eigenvalue weighted by Gasteiger charge is 2.35. The Kier molecular flexibility index (Phi) is 11.1. The summed E-state index contributed by atoms with van der Waals surface area (Å²) in [4.78, 5) is 47.7. The maximum absolute atomic E-state index is 13.9. The molecular weight excluding hydrogens is 549 g/mol. The standard InChI is InChI=1S/C26H33F3N6O4S/c1-4-39-25(38)22(14(2)3)34-26-32-12-15(13-33-26)11-31-23(37)24-35(5-6-40-24)21(36)9-17(30)7-16-8-19(28)20(29)10-18(16)27/h8,10,12-14,17,22,24H,4-7,9,11,30H2,1-3H3,(H,31,37)(H,32,33,34)/t17-,22-,24+/m1/s1. The van der Waals surface area contributed by atoms with Crippen LogP contribution in [0.25, 0.3) is 0 Å². The second kappa shape index (κ2) is 14.3. The second-order valence-corrected chi connectivity index (χ2v) is 10.8. The first-order chi connectivity index (χ1) is 19.0. The van der Waals surface area contributed by atoms with Crippen molar-refractivity contribution < 1.29 is 32.3 Å². The van der Waals surface area contributed by atoms with Gasteiger partial charge in [0.05, 0.1) is 6.61 Å². The van der Waals surface area contributed by atoms with Gasteiger partial charge in [0, 0.05) is 55.3 Å². The van der Waals surface area contributed by atoms with Gasteiger partial charge in [-0.2, -0.15) is 0 Å². The van der Waals surface area contributed by atoms with Crippen molar-refractivity contribution in [3.8, 4) is 0 Å². The number of thioether (sulfide) groups is 1. The maximum Gasteiger partial charge on any atom is 0.328 e. The zero-order valence-electron chi connectivity index (χ0n) is 22.5. The van der Waals surface area contributed by atoms with Gasteiger partial charge < -0.3 is 26.0 Å². The Balaban J connectivity index is 1.52. The molecule has 2 amide bonds. The monoisotopic (exact) mass is 582 g/mol. The van der Waals surface area contributed by atoms with E-state index in [9.17, 15) is 27.6 Å². The summed E-state index contributed by atoms with van der Waals surface area (Å²) >= 11 is 1.29. The van der Waals surface area contributed by atoms with Gasteiger partial charge in [-0.25, -0.2) is 27.9 Å². The van der Waals surface area contributed by atoms with Crippen molar-refractivity contribution in [2.45, 2.75) is 57.6 Å². The Bertz CT molecular complexity index is 1200. The average molecular weight is 583 g/mol. The predicted octanol–water partition coefficient (Wildman–Crippen LogP) is 2.37. The second-order valence-electron chi connectivity index (χ2n) is 9.59. The predicted molar refractivity (Wildman–Crippen MR) is 143 cm³/mol. The van der Waals surface area contributed by atoms with E-state index in [4.69, 9.17) is 10.5 Å². The molecule has 3 rings (SSSR count). The molecule has 14 heteroatoms. The molecule has 1 aliphatic rings. The molecule has 1 aromatic carbocycles. The number of carbonyl (C=O) groups is 3. The molecule has 218 valence electrons. The molecule has 0 spiro atoms. The molecule has 0 radical (unpaired) electrons. The molecule has 40 heavy (non-hydrogen) atoms. The van der Waals surface area contributed by atoms with E-state index in [1.54, 1.807) is 6.92 Å². The van der Waals surface area contributed by atoms with Gasteiger partial charge in [-0.3, -0.25) is 9.59 Å². The highest BCUT2D eigenvalue weighted by Crippen LogP contribution is 2.25. The molecule has 0 unspecified atom stereocenters.